The van der Waals surface area contributed by atoms with Crippen molar-refractivity contribution in [1.82, 2.24) is 14.8 Å². The van der Waals surface area contributed by atoms with Gasteiger partial charge in [0.05, 0.1) is 17.4 Å². The average Bonchev–Trinajstić information content (AvgIpc) is 2.89. The predicted octanol–water partition coefficient (Wildman–Crippen LogP) is 2.57. The lowest BCUT2D eigenvalue weighted by atomic mass is 10.1. The minimum atomic E-state index is -0.891. The Morgan fingerprint density at radius 1 is 1.38 bits per heavy atom. The fraction of sp³-hybridized carbons (Fsp3) is 0.286. The van der Waals surface area contributed by atoms with E-state index in [1.807, 2.05) is 30.5 Å². The fourth-order valence-corrected chi connectivity index (χ4v) is 2.65. The van der Waals surface area contributed by atoms with Crippen LogP contribution in [-0.2, 0) is 4.79 Å². The highest BCUT2D eigenvalue weighted by Gasteiger charge is 2.17. The van der Waals surface area contributed by atoms with E-state index in [2.05, 4.69) is 16.3 Å². The molecule has 0 amide bonds. The number of nitriles is 1. The quantitative estimate of drug-likeness (QED) is 0.853. The van der Waals surface area contributed by atoms with Crippen LogP contribution in [0.15, 0.2) is 29.4 Å². The third-order valence-electron chi connectivity index (χ3n) is 2.78. The second-order valence-corrected chi connectivity index (χ2v) is 5.58. The van der Waals surface area contributed by atoms with Crippen LogP contribution in [0.1, 0.15) is 25.5 Å². The monoisotopic (exact) mass is 302 g/mol. The molecule has 0 saturated heterocycles. The second-order valence-electron chi connectivity index (χ2n) is 4.64. The van der Waals surface area contributed by atoms with Gasteiger partial charge in [-0.05, 0) is 38.1 Å². The number of hydrogen-bond acceptors (Lipinski definition) is 5. The Bertz CT molecular complexity index is 686. The number of carboxylic acids is 1. The number of thioether (sulfide) groups is 1. The third kappa shape index (κ3) is 3.41. The Hall–Kier alpha value is -2.33. The van der Waals surface area contributed by atoms with Crippen molar-refractivity contribution in [2.24, 2.45) is 0 Å². The lowest BCUT2D eigenvalue weighted by molar-refractivity contribution is -0.133. The molecule has 1 heterocycles. The van der Waals surface area contributed by atoms with Crippen molar-refractivity contribution < 1.29 is 9.90 Å². The van der Waals surface area contributed by atoms with Crippen molar-refractivity contribution >= 4 is 17.7 Å². The van der Waals surface area contributed by atoms with Crippen molar-refractivity contribution in [3.63, 3.8) is 0 Å². The van der Waals surface area contributed by atoms with Gasteiger partial charge in [-0.15, -0.1) is 10.2 Å². The number of aromatic nitrogens is 3. The van der Waals surface area contributed by atoms with Crippen LogP contribution in [0.5, 0.6) is 0 Å². The normalized spacial score (nSPS) is 10.6. The summed E-state index contributed by atoms with van der Waals surface area (Å²) in [6.45, 7) is 3.97. The summed E-state index contributed by atoms with van der Waals surface area (Å²) in [5.41, 5.74) is 1.42. The van der Waals surface area contributed by atoms with E-state index in [9.17, 15) is 4.79 Å². The third-order valence-corrected chi connectivity index (χ3v) is 3.71. The van der Waals surface area contributed by atoms with Crippen LogP contribution in [0.25, 0.3) is 11.4 Å². The first-order valence-electron chi connectivity index (χ1n) is 6.33. The SMILES string of the molecule is CC(C)n1c(SCC(=O)O)nnc1-c1ccc(C#N)cc1. The molecular formula is C14H14N4O2S. The van der Waals surface area contributed by atoms with Gasteiger partial charge in [-0.2, -0.15) is 5.26 Å². The molecule has 0 fully saturated rings. The number of aliphatic carboxylic acids is 1. The molecule has 1 aromatic carbocycles. The number of benzene rings is 1. The number of hydrogen-bond donors (Lipinski definition) is 1. The van der Waals surface area contributed by atoms with Gasteiger partial charge in [-0.1, -0.05) is 11.8 Å². The Labute approximate surface area is 126 Å². The maximum Gasteiger partial charge on any atom is 0.313 e. The maximum absolute atomic E-state index is 10.7. The number of carboxylic acid groups (broad SMARTS) is 1. The van der Waals surface area contributed by atoms with Crippen LogP contribution < -0.4 is 0 Å². The average molecular weight is 302 g/mol. The van der Waals surface area contributed by atoms with E-state index in [0.717, 1.165) is 17.3 Å². The predicted molar refractivity (Wildman–Crippen MR) is 78.9 cm³/mol. The first kappa shape index (κ1) is 15.1. The molecule has 0 spiro atoms. The van der Waals surface area contributed by atoms with E-state index in [0.29, 0.717) is 16.5 Å². The van der Waals surface area contributed by atoms with Crippen molar-refractivity contribution in [1.29, 1.82) is 5.26 Å². The van der Waals surface area contributed by atoms with Gasteiger partial charge in [0.2, 0.25) is 0 Å². The molecule has 0 aliphatic carbocycles. The summed E-state index contributed by atoms with van der Waals surface area (Å²) < 4.78 is 1.90. The molecule has 0 radical (unpaired) electrons. The van der Waals surface area contributed by atoms with Gasteiger partial charge >= 0.3 is 5.97 Å². The number of rotatable bonds is 5. The molecule has 108 valence electrons. The van der Waals surface area contributed by atoms with E-state index in [-0.39, 0.29) is 11.8 Å². The van der Waals surface area contributed by atoms with Crippen LogP contribution >= 0.6 is 11.8 Å². The Morgan fingerprint density at radius 3 is 2.57 bits per heavy atom. The standard InChI is InChI=1S/C14H14N4O2S/c1-9(2)18-13(11-5-3-10(7-15)4-6-11)16-17-14(18)21-8-12(19)20/h3-6,9H,8H2,1-2H3,(H,19,20). The molecule has 0 atom stereocenters. The summed E-state index contributed by atoms with van der Waals surface area (Å²) in [5, 5.41) is 26.4. The largest absolute Gasteiger partial charge is 0.481 e. The first-order chi connectivity index (χ1) is 10.0. The zero-order valence-electron chi connectivity index (χ0n) is 11.6. The van der Waals surface area contributed by atoms with E-state index in [1.54, 1.807) is 12.1 Å². The van der Waals surface area contributed by atoms with Crippen LogP contribution in [0.2, 0.25) is 0 Å². The number of nitrogens with zero attached hydrogens (tertiary/aromatic N) is 4. The van der Waals surface area contributed by atoms with Crippen LogP contribution in [0.3, 0.4) is 0 Å². The molecule has 0 aliphatic rings. The number of carbonyl (C=O) groups is 1. The molecule has 2 aromatic rings. The first-order valence-corrected chi connectivity index (χ1v) is 7.31. The summed E-state index contributed by atoms with van der Waals surface area (Å²) in [7, 11) is 0. The van der Waals surface area contributed by atoms with Gasteiger partial charge in [-0.25, -0.2) is 0 Å². The molecular weight excluding hydrogens is 288 g/mol. The molecule has 0 unspecified atom stereocenters. The lowest BCUT2D eigenvalue weighted by Gasteiger charge is -2.13. The van der Waals surface area contributed by atoms with Gasteiger partial charge in [0, 0.05) is 11.6 Å². The highest BCUT2D eigenvalue weighted by Crippen LogP contribution is 2.27. The van der Waals surface area contributed by atoms with Gasteiger partial charge in [0.25, 0.3) is 0 Å². The Morgan fingerprint density at radius 2 is 2.05 bits per heavy atom. The Balaban J connectivity index is 2.39. The summed E-state index contributed by atoms with van der Waals surface area (Å²) in [6.07, 6.45) is 0. The fourth-order valence-electron chi connectivity index (χ4n) is 1.86. The van der Waals surface area contributed by atoms with E-state index in [1.165, 1.54) is 0 Å². The minimum absolute atomic E-state index is 0.0573. The maximum atomic E-state index is 10.7. The van der Waals surface area contributed by atoms with Gasteiger partial charge in [0.15, 0.2) is 11.0 Å². The molecule has 0 saturated carbocycles. The molecule has 1 N–H and O–H groups in total. The van der Waals surface area contributed by atoms with Gasteiger partial charge in [0.1, 0.15) is 0 Å². The second kappa shape index (κ2) is 6.41. The lowest BCUT2D eigenvalue weighted by Crippen LogP contribution is -2.07. The highest BCUT2D eigenvalue weighted by atomic mass is 32.2. The van der Waals surface area contributed by atoms with E-state index in [4.69, 9.17) is 10.4 Å². The smallest absolute Gasteiger partial charge is 0.313 e. The molecule has 21 heavy (non-hydrogen) atoms. The molecule has 0 bridgehead atoms. The minimum Gasteiger partial charge on any atom is -0.481 e. The molecule has 0 aliphatic heterocycles. The molecule has 7 heteroatoms. The zero-order chi connectivity index (χ0) is 15.4. The Kier molecular flexibility index (Phi) is 4.60. The van der Waals surface area contributed by atoms with E-state index < -0.39 is 5.97 Å². The summed E-state index contributed by atoms with van der Waals surface area (Å²) in [5.74, 6) is -0.279. The molecule has 1 aromatic heterocycles. The van der Waals surface area contributed by atoms with Crippen LogP contribution in [-0.4, -0.2) is 31.6 Å². The van der Waals surface area contributed by atoms with Gasteiger partial charge in [-0.3, -0.25) is 9.36 Å². The van der Waals surface area contributed by atoms with Gasteiger partial charge < -0.3 is 5.11 Å². The van der Waals surface area contributed by atoms with Crippen molar-refractivity contribution in [3.8, 4) is 17.5 Å². The highest BCUT2D eigenvalue weighted by molar-refractivity contribution is 7.99. The summed E-state index contributed by atoms with van der Waals surface area (Å²) in [6, 6.07) is 9.23. The van der Waals surface area contributed by atoms with Crippen molar-refractivity contribution in [2.75, 3.05) is 5.75 Å². The summed E-state index contributed by atoms with van der Waals surface area (Å²) >= 11 is 1.14. The zero-order valence-corrected chi connectivity index (χ0v) is 12.5. The van der Waals surface area contributed by atoms with E-state index >= 15 is 0 Å². The summed E-state index contributed by atoms with van der Waals surface area (Å²) in [4.78, 5) is 10.7. The van der Waals surface area contributed by atoms with Crippen molar-refractivity contribution in [2.45, 2.75) is 25.0 Å². The topological polar surface area (TPSA) is 91.8 Å². The van der Waals surface area contributed by atoms with Crippen LogP contribution in [0.4, 0.5) is 0 Å². The van der Waals surface area contributed by atoms with Crippen molar-refractivity contribution in [3.05, 3.63) is 29.8 Å². The molecule has 6 nitrogen and oxygen atoms in total. The molecule has 2 rings (SSSR count). The van der Waals surface area contributed by atoms with Crippen LogP contribution in [0, 0.1) is 11.3 Å².